The highest BCUT2D eigenvalue weighted by atomic mass is 16.3. The SMILES string of the molecule is C[C@@H](c1ccco1)N(C)C(=O)NCc1cccc(-n2cccn2)c1. The molecule has 0 radical (unpaired) electrons. The molecule has 2 aromatic heterocycles. The predicted octanol–water partition coefficient (Wildman–Crippen LogP) is 3.37. The largest absolute Gasteiger partial charge is 0.467 e. The molecule has 3 rings (SSSR count). The zero-order valence-corrected chi connectivity index (χ0v) is 13.7. The second-order valence-corrected chi connectivity index (χ2v) is 5.58. The van der Waals surface area contributed by atoms with E-state index in [1.807, 2.05) is 55.6 Å². The van der Waals surface area contributed by atoms with Gasteiger partial charge in [0, 0.05) is 26.0 Å². The van der Waals surface area contributed by atoms with Crippen molar-refractivity contribution >= 4 is 6.03 Å². The number of hydrogen-bond acceptors (Lipinski definition) is 3. The standard InChI is InChI=1S/C18H20N4O2/c1-14(17-8-4-11-24-17)21(2)18(23)19-13-15-6-3-7-16(12-15)22-10-5-9-20-22/h3-12,14H,13H2,1-2H3,(H,19,23)/t14-/m0/s1. The van der Waals surface area contributed by atoms with Gasteiger partial charge in [0.2, 0.25) is 0 Å². The monoisotopic (exact) mass is 324 g/mol. The first-order valence-corrected chi connectivity index (χ1v) is 7.78. The summed E-state index contributed by atoms with van der Waals surface area (Å²) in [5.74, 6) is 0.758. The third kappa shape index (κ3) is 3.48. The van der Waals surface area contributed by atoms with Crippen LogP contribution in [0.1, 0.15) is 24.3 Å². The molecule has 0 saturated heterocycles. The van der Waals surface area contributed by atoms with E-state index in [9.17, 15) is 4.79 Å². The first-order chi connectivity index (χ1) is 11.6. The normalized spacial score (nSPS) is 11.9. The minimum atomic E-state index is -0.150. The van der Waals surface area contributed by atoms with Gasteiger partial charge in [0.15, 0.2) is 0 Å². The number of aromatic nitrogens is 2. The second-order valence-electron chi connectivity index (χ2n) is 5.58. The van der Waals surface area contributed by atoms with E-state index < -0.39 is 0 Å². The van der Waals surface area contributed by atoms with Crippen LogP contribution >= 0.6 is 0 Å². The number of rotatable bonds is 5. The summed E-state index contributed by atoms with van der Waals surface area (Å²) in [4.78, 5) is 13.9. The molecule has 1 N–H and O–H groups in total. The van der Waals surface area contributed by atoms with Crippen molar-refractivity contribution in [1.29, 1.82) is 0 Å². The molecule has 0 aliphatic carbocycles. The summed E-state index contributed by atoms with van der Waals surface area (Å²) in [5.41, 5.74) is 1.97. The summed E-state index contributed by atoms with van der Waals surface area (Å²) >= 11 is 0. The Morgan fingerprint density at radius 2 is 2.21 bits per heavy atom. The predicted molar refractivity (Wildman–Crippen MR) is 90.7 cm³/mol. The minimum Gasteiger partial charge on any atom is -0.467 e. The number of nitrogens with zero attached hydrogens (tertiary/aromatic N) is 3. The van der Waals surface area contributed by atoms with E-state index in [4.69, 9.17) is 4.42 Å². The van der Waals surface area contributed by atoms with E-state index in [2.05, 4.69) is 10.4 Å². The highest BCUT2D eigenvalue weighted by Crippen LogP contribution is 2.19. The quantitative estimate of drug-likeness (QED) is 0.782. The van der Waals surface area contributed by atoms with Crippen LogP contribution in [-0.4, -0.2) is 27.8 Å². The Kier molecular flexibility index (Phi) is 4.65. The van der Waals surface area contributed by atoms with Gasteiger partial charge in [-0.3, -0.25) is 0 Å². The molecule has 0 spiro atoms. The van der Waals surface area contributed by atoms with Gasteiger partial charge in [-0.1, -0.05) is 12.1 Å². The Labute approximate surface area is 140 Å². The van der Waals surface area contributed by atoms with Crippen LogP contribution in [0.25, 0.3) is 5.69 Å². The maximum absolute atomic E-state index is 12.3. The molecule has 3 aromatic rings. The molecular formula is C18H20N4O2. The molecule has 6 nitrogen and oxygen atoms in total. The molecule has 124 valence electrons. The van der Waals surface area contributed by atoms with Gasteiger partial charge in [-0.05, 0) is 42.8 Å². The molecule has 0 fully saturated rings. The van der Waals surface area contributed by atoms with Crippen LogP contribution in [0.5, 0.6) is 0 Å². The molecule has 24 heavy (non-hydrogen) atoms. The van der Waals surface area contributed by atoms with Crippen molar-refractivity contribution in [3.8, 4) is 5.69 Å². The zero-order chi connectivity index (χ0) is 16.9. The molecule has 6 heteroatoms. The summed E-state index contributed by atoms with van der Waals surface area (Å²) in [7, 11) is 1.75. The van der Waals surface area contributed by atoms with E-state index >= 15 is 0 Å². The Hall–Kier alpha value is -3.02. The topological polar surface area (TPSA) is 63.3 Å². The highest BCUT2D eigenvalue weighted by Gasteiger charge is 2.19. The Morgan fingerprint density at radius 1 is 1.33 bits per heavy atom. The first-order valence-electron chi connectivity index (χ1n) is 7.78. The van der Waals surface area contributed by atoms with Gasteiger partial charge in [-0.2, -0.15) is 5.10 Å². The fourth-order valence-electron chi connectivity index (χ4n) is 2.43. The smallest absolute Gasteiger partial charge is 0.318 e. The minimum absolute atomic E-state index is 0.129. The summed E-state index contributed by atoms with van der Waals surface area (Å²) in [5, 5.41) is 7.14. The molecule has 1 atom stereocenters. The van der Waals surface area contributed by atoms with E-state index in [-0.39, 0.29) is 12.1 Å². The van der Waals surface area contributed by atoms with Crippen LogP contribution in [0, 0.1) is 0 Å². The third-order valence-corrected chi connectivity index (χ3v) is 3.98. The lowest BCUT2D eigenvalue weighted by Crippen LogP contribution is -2.38. The number of urea groups is 1. The lowest BCUT2D eigenvalue weighted by Gasteiger charge is -2.23. The number of hydrogen-bond donors (Lipinski definition) is 1. The van der Waals surface area contributed by atoms with E-state index in [1.165, 1.54) is 0 Å². The van der Waals surface area contributed by atoms with E-state index in [1.54, 1.807) is 29.1 Å². The number of carbonyl (C=O) groups is 1. The number of carbonyl (C=O) groups excluding carboxylic acids is 1. The van der Waals surface area contributed by atoms with Crippen LogP contribution in [-0.2, 0) is 6.54 Å². The fraction of sp³-hybridized carbons (Fsp3) is 0.222. The summed E-state index contributed by atoms with van der Waals surface area (Å²) in [6, 6.07) is 13.2. The van der Waals surface area contributed by atoms with Crippen LogP contribution in [0.15, 0.2) is 65.5 Å². The Morgan fingerprint density at radius 3 is 2.92 bits per heavy atom. The number of nitrogens with one attached hydrogen (secondary N) is 1. The fourth-order valence-corrected chi connectivity index (χ4v) is 2.43. The van der Waals surface area contributed by atoms with Crippen molar-refractivity contribution in [2.45, 2.75) is 19.5 Å². The van der Waals surface area contributed by atoms with Crippen molar-refractivity contribution < 1.29 is 9.21 Å². The molecule has 2 amide bonds. The van der Waals surface area contributed by atoms with Crippen LogP contribution in [0.3, 0.4) is 0 Å². The molecule has 0 saturated carbocycles. The van der Waals surface area contributed by atoms with Gasteiger partial charge in [0.25, 0.3) is 0 Å². The molecule has 1 aromatic carbocycles. The Balaban J connectivity index is 1.61. The molecule has 0 aliphatic heterocycles. The van der Waals surface area contributed by atoms with Crippen molar-refractivity contribution in [2.24, 2.45) is 0 Å². The van der Waals surface area contributed by atoms with E-state index in [0.717, 1.165) is 17.0 Å². The number of amides is 2. The average molecular weight is 324 g/mol. The molecule has 0 bridgehead atoms. The van der Waals surface area contributed by atoms with Gasteiger partial charge in [0.1, 0.15) is 5.76 Å². The van der Waals surface area contributed by atoms with Gasteiger partial charge in [-0.25, -0.2) is 9.48 Å². The second kappa shape index (κ2) is 7.04. The van der Waals surface area contributed by atoms with Gasteiger partial charge < -0.3 is 14.6 Å². The maximum Gasteiger partial charge on any atom is 0.318 e. The van der Waals surface area contributed by atoms with Gasteiger partial charge >= 0.3 is 6.03 Å². The van der Waals surface area contributed by atoms with Crippen LogP contribution in [0.2, 0.25) is 0 Å². The maximum atomic E-state index is 12.3. The molecular weight excluding hydrogens is 304 g/mol. The molecule has 2 heterocycles. The van der Waals surface area contributed by atoms with Crippen molar-refractivity contribution in [3.63, 3.8) is 0 Å². The average Bonchev–Trinajstić information content (AvgIpc) is 3.32. The first kappa shape index (κ1) is 15.9. The lowest BCUT2D eigenvalue weighted by molar-refractivity contribution is 0.187. The lowest BCUT2D eigenvalue weighted by atomic mass is 10.2. The third-order valence-electron chi connectivity index (χ3n) is 3.98. The molecule has 0 unspecified atom stereocenters. The van der Waals surface area contributed by atoms with Crippen LogP contribution < -0.4 is 5.32 Å². The van der Waals surface area contributed by atoms with Crippen LogP contribution in [0.4, 0.5) is 4.79 Å². The van der Waals surface area contributed by atoms with Gasteiger partial charge in [-0.15, -0.1) is 0 Å². The highest BCUT2D eigenvalue weighted by molar-refractivity contribution is 5.74. The molecule has 0 aliphatic rings. The van der Waals surface area contributed by atoms with Crippen molar-refractivity contribution in [2.75, 3.05) is 7.05 Å². The van der Waals surface area contributed by atoms with Crippen molar-refractivity contribution in [3.05, 3.63) is 72.4 Å². The van der Waals surface area contributed by atoms with E-state index in [0.29, 0.717) is 6.54 Å². The van der Waals surface area contributed by atoms with Crippen molar-refractivity contribution in [1.82, 2.24) is 20.0 Å². The summed E-state index contributed by atoms with van der Waals surface area (Å²) < 4.78 is 7.14. The Bertz CT molecular complexity index is 781. The zero-order valence-electron chi connectivity index (χ0n) is 13.7. The number of furan rings is 1. The summed E-state index contributed by atoms with van der Waals surface area (Å²) in [6.07, 6.45) is 5.23. The number of benzene rings is 1. The van der Waals surface area contributed by atoms with Gasteiger partial charge in [0.05, 0.1) is 18.0 Å². The summed E-state index contributed by atoms with van der Waals surface area (Å²) in [6.45, 7) is 2.37.